The summed E-state index contributed by atoms with van der Waals surface area (Å²) in [5.74, 6) is 0. The van der Waals surface area contributed by atoms with Gasteiger partial charge in [-0.25, -0.2) is 9.97 Å². The van der Waals surface area contributed by atoms with Crippen LogP contribution in [-0.4, -0.2) is 9.97 Å². The largest absolute Gasteiger partial charge is 0.244 e. The number of aromatic nitrogens is 2. The minimum atomic E-state index is 0.923. The van der Waals surface area contributed by atoms with Gasteiger partial charge >= 0.3 is 0 Å². The van der Waals surface area contributed by atoms with E-state index in [1.807, 2.05) is 30.3 Å². The molecule has 1 aromatic heterocycles. The fourth-order valence-electron chi connectivity index (χ4n) is 3.14. The highest BCUT2D eigenvalue weighted by atomic mass is 79.9. The van der Waals surface area contributed by atoms with E-state index in [0.717, 1.165) is 31.9 Å². The molecule has 0 aliphatic heterocycles. The van der Waals surface area contributed by atoms with Gasteiger partial charge in [0.05, 0.1) is 22.1 Å². The highest BCUT2D eigenvalue weighted by molar-refractivity contribution is 9.10. The number of benzene rings is 4. The Kier molecular flexibility index (Phi) is 3.88. The van der Waals surface area contributed by atoms with Crippen molar-refractivity contribution in [1.29, 1.82) is 0 Å². The lowest BCUT2D eigenvalue weighted by Gasteiger charge is -2.11. The third-order valence-electron chi connectivity index (χ3n) is 4.34. The minimum Gasteiger partial charge on any atom is -0.244 e. The Morgan fingerprint density at radius 1 is 0.654 bits per heavy atom. The number of halogens is 1. The Labute approximate surface area is 163 Å². The smallest absolute Gasteiger partial charge is 0.0973 e. The van der Waals surface area contributed by atoms with Crippen molar-refractivity contribution >= 4 is 60.5 Å². The van der Waals surface area contributed by atoms with Crippen LogP contribution in [0.2, 0.25) is 0 Å². The summed E-state index contributed by atoms with van der Waals surface area (Å²) >= 11 is 5.37. The molecule has 0 spiro atoms. The third kappa shape index (κ3) is 2.75. The number of para-hydroxylation sites is 2. The molecule has 0 N–H and O–H groups in total. The molecule has 0 atom stereocenters. The number of fused-ring (bicyclic) bond motifs is 4. The van der Waals surface area contributed by atoms with Gasteiger partial charge < -0.3 is 0 Å². The lowest BCUT2D eigenvalue weighted by molar-refractivity contribution is 1.38. The maximum absolute atomic E-state index is 4.90. The molecular weight excluding hydrogens is 404 g/mol. The quantitative estimate of drug-likeness (QED) is 0.232. The van der Waals surface area contributed by atoms with Crippen LogP contribution in [0.5, 0.6) is 0 Å². The molecule has 0 saturated heterocycles. The first-order chi connectivity index (χ1) is 12.8. The van der Waals surface area contributed by atoms with Crippen molar-refractivity contribution in [3.8, 4) is 0 Å². The molecule has 0 unspecified atom stereocenters. The van der Waals surface area contributed by atoms with E-state index in [1.54, 1.807) is 11.8 Å². The average molecular weight is 417 g/mol. The molecule has 2 nitrogen and oxygen atoms in total. The highest BCUT2D eigenvalue weighted by Gasteiger charge is 2.12. The molecule has 1 heterocycles. The molecule has 4 aromatic carbocycles. The third-order valence-corrected chi connectivity index (χ3v) is 5.90. The zero-order valence-corrected chi connectivity index (χ0v) is 16.1. The van der Waals surface area contributed by atoms with Gasteiger partial charge in [-0.15, -0.1) is 0 Å². The first kappa shape index (κ1) is 15.8. The van der Waals surface area contributed by atoms with E-state index in [2.05, 4.69) is 64.5 Å². The second-order valence-corrected chi connectivity index (χ2v) is 8.09. The van der Waals surface area contributed by atoms with Crippen LogP contribution < -0.4 is 0 Å². The number of rotatable bonds is 2. The molecule has 0 amide bonds. The van der Waals surface area contributed by atoms with Crippen LogP contribution in [0.3, 0.4) is 0 Å². The van der Waals surface area contributed by atoms with E-state index >= 15 is 0 Å². The zero-order valence-electron chi connectivity index (χ0n) is 13.7. The van der Waals surface area contributed by atoms with Crippen LogP contribution in [0.25, 0.3) is 32.8 Å². The molecule has 124 valence electrons. The molecule has 0 fully saturated rings. The predicted molar refractivity (Wildman–Crippen MR) is 113 cm³/mol. The van der Waals surface area contributed by atoms with Crippen LogP contribution in [0, 0.1) is 0 Å². The number of hydrogen-bond acceptors (Lipinski definition) is 3. The lowest BCUT2D eigenvalue weighted by atomic mass is 10.1. The summed E-state index contributed by atoms with van der Waals surface area (Å²) in [6.45, 7) is 0. The molecule has 0 aliphatic carbocycles. The summed E-state index contributed by atoms with van der Waals surface area (Å²) in [6.07, 6.45) is 0. The zero-order chi connectivity index (χ0) is 17.5. The van der Waals surface area contributed by atoms with Crippen molar-refractivity contribution in [3.63, 3.8) is 0 Å². The van der Waals surface area contributed by atoms with Crippen molar-refractivity contribution in [1.82, 2.24) is 9.97 Å². The minimum absolute atomic E-state index is 0.923. The van der Waals surface area contributed by atoms with Crippen LogP contribution in [0.4, 0.5) is 0 Å². The monoisotopic (exact) mass is 416 g/mol. The van der Waals surface area contributed by atoms with Crippen molar-refractivity contribution in [2.24, 2.45) is 0 Å². The SMILES string of the molecule is Brc1ccc2c(c1)c(Sc1ccccc1)cc1nc3ccccc3nc12. The molecule has 0 aliphatic rings. The van der Waals surface area contributed by atoms with E-state index in [-0.39, 0.29) is 0 Å². The highest BCUT2D eigenvalue weighted by Crippen LogP contribution is 2.38. The fourth-order valence-corrected chi connectivity index (χ4v) is 4.50. The molecule has 0 bridgehead atoms. The van der Waals surface area contributed by atoms with E-state index < -0.39 is 0 Å². The van der Waals surface area contributed by atoms with Gasteiger partial charge in [-0.3, -0.25) is 0 Å². The second-order valence-electron chi connectivity index (χ2n) is 6.06. The molecule has 26 heavy (non-hydrogen) atoms. The van der Waals surface area contributed by atoms with Gasteiger partial charge in [-0.2, -0.15) is 0 Å². The standard InChI is InChI=1S/C22H13BrN2S/c23-14-10-11-16-17(12-14)21(26-15-6-2-1-3-7-15)13-20-22(16)25-19-9-5-4-8-18(19)24-20/h1-13H. The van der Waals surface area contributed by atoms with Gasteiger partial charge in [0.15, 0.2) is 0 Å². The number of nitrogens with zero attached hydrogens (tertiary/aromatic N) is 2. The second kappa shape index (κ2) is 6.38. The molecule has 4 heteroatoms. The summed E-state index contributed by atoms with van der Waals surface area (Å²) in [7, 11) is 0. The molecule has 0 saturated carbocycles. The van der Waals surface area contributed by atoms with Crippen LogP contribution in [0.15, 0.2) is 93.1 Å². The average Bonchev–Trinajstić information content (AvgIpc) is 2.67. The van der Waals surface area contributed by atoms with E-state index in [9.17, 15) is 0 Å². The van der Waals surface area contributed by atoms with E-state index in [1.165, 1.54) is 15.2 Å². The maximum Gasteiger partial charge on any atom is 0.0973 e. The first-order valence-corrected chi connectivity index (χ1v) is 9.90. The van der Waals surface area contributed by atoms with Crippen LogP contribution in [-0.2, 0) is 0 Å². The molecule has 5 aromatic rings. The van der Waals surface area contributed by atoms with Gasteiger partial charge in [-0.05, 0) is 47.9 Å². The Bertz CT molecular complexity index is 1270. The molecular formula is C22H13BrN2S. The Morgan fingerprint density at radius 2 is 1.38 bits per heavy atom. The van der Waals surface area contributed by atoms with Crippen molar-refractivity contribution in [2.75, 3.05) is 0 Å². The van der Waals surface area contributed by atoms with Gasteiger partial charge in [-0.1, -0.05) is 64.1 Å². The van der Waals surface area contributed by atoms with Crippen LogP contribution >= 0.6 is 27.7 Å². The topological polar surface area (TPSA) is 25.8 Å². The maximum atomic E-state index is 4.90. The summed E-state index contributed by atoms with van der Waals surface area (Å²) < 4.78 is 1.06. The fraction of sp³-hybridized carbons (Fsp3) is 0. The number of hydrogen-bond donors (Lipinski definition) is 0. The normalized spacial score (nSPS) is 11.4. The summed E-state index contributed by atoms with van der Waals surface area (Å²) in [4.78, 5) is 12.2. The van der Waals surface area contributed by atoms with Crippen LogP contribution in [0.1, 0.15) is 0 Å². The van der Waals surface area contributed by atoms with Crippen molar-refractivity contribution in [3.05, 3.63) is 83.3 Å². The predicted octanol–water partition coefficient (Wildman–Crippen LogP) is 6.85. The van der Waals surface area contributed by atoms with E-state index in [4.69, 9.17) is 9.97 Å². The van der Waals surface area contributed by atoms with Crippen molar-refractivity contribution < 1.29 is 0 Å². The Morgan fingerprint density at radius 3 is 2.19 bits per heavy atom. The first-order valence-electron chi connectivity index (χ1n) is 8.30. The summed E-state index contributed by atoms with van der Waals surface area (Å²) in [6, 6.07) is 27.0. The summed E-state index contributed by atoms with van der Waals surface area (Å²) in [5, 5.41) is 2.31. The van der Waals surface area contributed by atoms with Gasteiger partial charge in [0.1, 0.15) is 0 Å². The Hall–Kier alpha value is -2.43. The lowest BCUT2D eigenvalue weighted by Crippen LogP contribution is -1.90. The molecule has 0 radical (unpaired) electrons. The van der Waals surface area contributed by atoms with Gasteiger partial charge in [0, 0.05) is 19.6 Å². The van der Waals surface area contributed by atoms with Gasteiger partial charge in [0.25, 0.3) is 0 Å². The van der Waals surface area contributed by atoms with Gasteiger partial charge in [0.2, 0.25) is 0 Å². The Balaban J connectivity index is 1.84. The van der Waals surface area contributed by atoms with Crippen molar-refractivity contribution in [2.45, 2.75) is 9.79 Å². The molecule has 5 rings (SSSR count). The van der Waals surface area contributed by atoms with E-state index in [0.29, 0.717) is 0 Å². The summed E-state index contributed by atoms with van der Waals surface area (Å²) in [5.41, 5.74) is 3.72.